The van der Waals surface area contributed by atoms with Crippen molar-refractivity contribution in [3.63, 3.8) is 0 Å². The molecule has 0 aromatic rings. The quantitative estimate of drug-likeness (QED) is 0.659. The summed E-state index contributed by atoms with van der Waals surface area (Å²) in [6, 6.07) is 0. The van der Waals surface area contributed by atoms with E-state index in [0.29, 0.717) is 0 Å². The first-order valence-electron chi connectivity index (χ1n) is 4.35. The van der Waals surface area contributed by atoms with Gasteiger partial charge in [-0.3, -0.25) is 0 Å². The number of hydrogen-bond acceptors (Lipinski definition) is 2. The molecule has 2 heteroatoms. The first kappa shape index (κ1) is 8.11. The maximum Gasteiger partial charge on any atom is 0.0198 e. The fraction of sp³-hybridized carbons (Fsp3) is 0.500. The summed E-state index contributed by atoms with van der Waals surface area (Å²) in [5.74, 6) is 0.806. The molecular weight excluding hydrogens is 166 g/mol. The van der Waals surface area contributed by atoms with Crippen molar-refractivity contribution in [1.29, 1.82) is 5.41 Å². The summed E-state index contributed by atoms with van der Waals surface area (Å²) < 4.78 is 0. The Labute approximate surface area is 77.4 Å². The summed E-state index contributed by atoms with van der Waals surface area (Å²) in [6.45, 7) is 0. The second-order valence-corrected chi connectivity index (χ2v) is 4.09. The predicted molar refractivity (Wildman–Crippen MR) is 54.7 cm³/mol. The zero-order valence-electron chi connectivity index (χ0n) is 7.26. The van der Waals surface area contributed by atoms with Gasteiger partial charge in [0.2, 0.25) is 0 Å². The van der Waals surface area contributed by atoms with Gasteiger partial charge in [0.25, 0.3) is 0 Å². The lowest BCUT2D eigenvalue weighted by atomic mass is 10.1. The highest BCUT2D eigenvalue weighted by Crippen LogP contribution is 2.56. The molecule has 0 aromatic carbocycles. The van der Waals surface area contributed by atoms with E-state index in [1.54, 1.807) is 10.5 Å². The third kappa shape index (κ3) is 1.14. The summed E-state index contributed by atoms with van der Waals surface area (Å²) in [5, 5.41) is 6.97. The van der Waals surface area contributed by atoms with Crippen LogP contribution in [0, 0.1) is 11.3 Å². The average molecular weight is 179 g/mol. The molecule has 1 N–H and O–H groups in total. The summed E-state index contributed by atoms with van der Waals surface area (Å²) in [7, 11) is 0. The summed E-state index contributed by atoms with van der Waals surface area (Å²) in [6.07, 6.45) is 9.25. The van der Waals surface area contributed by atoms with Crippen LogP contribution in [0.4, 0.5) is 0 Å². The lowest BCUT2D eigenvalue weighted by molar-refractivity contribution is 0.945. The summed E-state index contributed by atoms with van der Waals surface area (Å²) >= 11 is 1.90. The van der Waals surface area contributed by atoms with Crippen LogP contribution in [0.1, 0.15) is 19.3 Å². The van der Waals surface area contributed by atoms with Gasteiger partial charge < -0.3 is 5.41 Å². The van der Waals surface area contributed by atoms with E-state index in [0.717, 1.165) is 18.8 Å². The number of thioether (sulfide) groups is 1. The number of fused-ring (bicyclic) bond motifs is 1. The van der Waals surface area contributed by atoms with E-state index >= 15 is 0 Å². The van der Waals surface area contributed by atoms with Gasteiger partial charge in [0.05, 0.1) is 0 Å². The molecule has 2 aliphatic carbocycles. The highest BCUT2D eigenvalue weighted by molar-refractivity contribution is 8.02. The third-order valence-corrected chi connectivity index (χ3v) is 3.52. The van der Waals surface area contributed by atoms with Crippen LogP contribution in [-0.4, -0.2) is 12.5 Å². The Kier molecular flexibility index (Phi) is 2.09. The number of nitrogens with one attached hydrogen (secondary N) is 1. The Balaban J connectivity index is 1.99. The van der Waals surface area contributed by atoms with Crippen LogP contribution in [0.15, 0.2) is 22.1 Å². The van der Waals surface area contributed by atoms with E-state index in [1.807, 2.05) is 11.8 Å². The van der Waals surface area contributed by atoms with Gasteiger partial charge in [-0.2, -0.15) is 0 Å². The molecule has 2 aliphatic rings. The van der Waals surface area contributed by atoms with E-state index in [9.17, 15) is 0 Å². The van der Waals surface area contributed by atoms with Gasteiger partial charge in [-0.25, -0.2) is 0 Å². The molecule has 1 unspecified atom stereocenters. The van der Waals surface area contributed by atoms with Crippen LogP contribution >= 0.6 is 11.8 Å². The molecule has 0 bridgehead atoms. The molecule has 0 saturated carbocycles. The van der Waals surface area contributed by atoms with Crippen molar-refractivity contribution in [2.75, 3.05) is 6.26 Å². The van der Waals surface area contributed by atoms with Crippen molar-refractivity contribution >= 4 is 18.0 Å². The van der Waals surface area contributed by atoms with Gasteiger partial charge in [-0.1, -0.05) is 6.08 Å². The Morgan fingerprint density at radius 3 is 3.17 bits per heavy atom. The lowest BCUT2D eigenvalue weighted by Gasteiger charge is -1.95. The van der Waals surface area contributed by atoms with Crippen LogP contribution in [0.5, 0.6) is 0 Å². The monoisotopic (exact) mass is 179 g/mol. The highest BCUT2D eigenvalue weighted by Gasteiger charge is 2.40. The van der Waals surface area contributed by atoms with Gasteiger partial charge in [0, 0.05) is 5.92 Å². The molecule has 2 rings (SSSR count). The zero-order chi connectivity index (χ0) is 8.55. The minimum absolute atomic E-state index is 0.806. The van der Waals surface area contributed by atoms with Gasteiger partial charge in [0.15, 0.2) is 0 Å². The second kappa shape index (κ2) is 3.09. The van der Waals surface area contributed by atoms with Crippen molar-refractivity contribution in [3.8, 4) is 0 Å². The first-order chi connectivity index (χ1) is 5.88. The Hall–Kier alpha value is -0.500. The highest BCUT2D eigenvalue weighted by atomic mass is 32.2. The largest absolute Gasteiger partial charge is 0.313 e. The second-order valence-electron chi connectivity index (χ2n) is 3.24. The fourth-order valence-electron chi connectivity index (χ4n) is 1.94. The van der Waals surface area contributed by atoms with Crippen LogP contribution in [0.25, 0.3) is 0 Å². The third-order valence-electron chi connectivity index (χ3n) is 2.57. The molecule has 12 heavy (non-hydrogen) atoms. The smallest absolute Gasteiger partial charge is 0.0198 e. The maximum atomic E-state index is 6.97. The van der Waals surface area contributed by atoms with E-state index < -0.39 is 0 Å². The minimum atomic E-state index is 0.806. The Morgan fingerprint density at radius 1 is 1.75 bits per heavy atom. The molecular formula is C10H13NS. The first-order valence-corrected chi connectivity index (χ1v) is 5.57. The standard InChI is InChI=1S/C10H13NS/c1-12-10-8-5-4-7(9(8)10)3-2-6-11/h4,6,8,11H,2-3,5H2,1H3. The van der Waals surface area contributed by atoms with Gasteiger partial charge >= 0.3 is 0 Å². The zero-order valence-corrected chi connectivity index (χ0v) is 8.08. The topological polar surface area (TPSA) is 23.9 Å². The van der Waals surface area contributed by atoms with Crippen LogP contribution in [0.2, 0.25) is 0 Å². The normalized spacial score (nSPS) is 25.4. The number of allylic oxidation sites excluding steroid dienone is 4. The molecule has 0 fully saturated rings. The van der Waals surface area contributed by atoms with E-state index in [1.165, 1.54) is 18.2 Å². The molecule has 1 atom stereocenters. The fourth-order valence-corrected chi connectivity index (χ4v) is 2.87. The molecule has 0 heterocycles. The molecule has 64 valence electrons. The average Bonchev–Trinajstić information content (AvgIpc) is 2.66. The van der Waals surface area contributed by atoms with Crippen LogP contribution in [0.3, 0.4) is 0 Å². The number of rotatable bonds is 4. The van der Waals surface area contributed by atoms with E-state index in [-0.39, 0.29) is 0 Å². The van der Waals surface area contributed by atoms with Crippen LogP contribution in [-0.2, 0) is 0 Å². The lowest BCUT2D eigenvalue weighted by Crippen LogP contribution is -1.79. The van der Waals surface area contributed by atoms with Gasteiger partial charge in [-0.05, 0) is 47.8 Å². The predicted octanol–water partition coefficient (Wildman–Crippen LogP) is 2.99. The minimum Gasteiger partial charge on any atom is -0.313 e. The van der Waals surface area contributed by atoms with Gasteiger partial charge in [-0.15, -0.1) is 11.8 Å². The molecule has 0 aliphatic heterocycles. The molecule has 0 radical (unpaired) electrons. The van der Waals surface area contributed by atoms with Crippen molar-refractivity contribution in [3.05, 3.63) is 22.1 Å². The Bertz CT molecular complexity index is 276. The summed E-state index contributed by atoms with van der Waals surface area (Å²) in [5.41, 5.74) is 3.14. The SMILES string of the molecule is CSC1=C2C(CCC=N)=CCC12. The molecule has 0 spiro atoms. The Morgan fingerprint density at radius 2 is 2.58 bits per heavy atom. The molecule has 0 aromatic heterocycles. The van der Waals surface area contributed by atoms with Crippen molar-refractivity contribution < 1.29 is 0 Å². The van der Waals surface area contributed by atoms with Gasteiger partial charge in [0.1, 0.15) is 0 Å². The molecule has 0 amide bonds. The summed E-state index contributed by atoms with van der Waals surface area (Å²) in [4.78, 5) is 1.61. The molecule has 1 nitrogen and oxygen atoms in total. The van der Waals surface area contributed by atoms with Crippen molar-refractivity contribution in [2.24, 2.45) is 5.92 Å². The van der Waals surface area contributed by atoms with E-state index in [4.69, 9.17) is 5.41 Å². The maximum absolute atomic E-state index is 6.97. The number of hydrogen-bond donors (Lipinski definition) is 1. The molecule has 0 saturated heterocycles. The van der Waals surface area contributed by atoms with Crippen LogP contribution < -0.4 is 0 Å². The van der Waals surface area contributed by atoms with E-state index in [2.05, 4.69) is 12.3 Å². The van der Waals surface area contributed by atoms with Crippen molar-refractivity contribution in [2.45, 2.75) is 19.3 Å². The van der Waals surface area contributed by atoms with Crippen molar-refractivity contribution in [1.82, 2.24) is 0 Å².